The molecule has 0 aliphatic carbocycles. The highest BCUT2D eigenvalue weighted by atomic mass is 16.5. The third-order valence-corrected chi connectivity index (χ3v) is 2.98. The summed E-state index contributed by atoms with van der Waals surface area (Å²) >= 11 is 0. The summed E-state index contributed by atoms with van der Waals surface area (Å²) in [6, 6.07) is 3.66. The zero-order chi connectivity index (χ0) is 14.7. The van der Waals surface area contributed by atoms with Crippen molar-refractivity contribution in [2.75, 3.05) is 11.9 Å². The molecule has 5 heteroatoms. The Kier molecular flexibility index (Phi) is 4.27. The van der Waals surface area contributed by atoms with Crippen molar-refractivity contribution in [2.45, 2.75) is 39.7 Å². The molecule has 1 N–H and O–H groups in total. The topological polar surface area (TPSA) is 64.6 Å². The molecule has 0 spiro atoms. The second-order valence-corrected chi connectivity index (χ2v) is 4.95. The number of ether oxygens (including phenoxy) is 2. The third kappa shape index (κ3) is 3.29. The van der Waals surface area contributed by atoms with Crippen molar-refractivity contribution in [1.29, 1.82) is 0 Å². The lowest BCUT2D eigenvalue weighted by Crippen LogP contribution is -2.15. The van der Waals surface area contributed by atoms with E-state index >= 15 is 0 Å². The number of Topliss-reactive ketones (excluding diaryl/α,β-unsaturated/α-hetero) is 1. The minimum absolute atomic E-state index is 0.127. The summed E-state index contributed by atoms with van der Waals surface area (Å²) < 4.78 is 11.2. The first kappa shape index (κ1) is 14.4. The number of hydrogen-bond donors (Lipinski definition) is 1. The molecular formula is C15H19NO4. The van der Waals surface area contributed by atoms with Crippen molar-refractivity contribution < 1.29 is 19.1 Å². The summed E-state index contributed by atoms with van der Waals surface area (Å²) in [4.78, 5) is 22.7. The molecule has 0 fully saturated rings. The Balaban J connectivity index is 2.24. The van der Waals surface area contributed by atoms with Crippen molar-refractivity contribution in [2.24, 2.45) is 0 Å². The average Bonchev–Trinajstić information content (AvgIpc) is 2.68. The van der Waals surface area contributed by atoms with Crippen LogP contribution in [0, 0.1) is 0 Å². The molecule has 1 amide bonds. The van der Waals surface area contributed by atoms with E-state index in [2.05, 4.69) is 5.32 Å². The summed E-state index contributed by atoms with van der Waals surface area (Å²) in [6.07, 6.45) is 0.819. The highest BCUT2D eigenvalue weighted by Gasteiger charge is 2.22. The van der Waals surface area contributed by atoms with Gasteiger partial charge in [0.05, 0.1) is 18.7 Å². The van der Waals surface area contributed by atoms with Crippen LogP contribution in [0.4, 0.5) is 5.69 Å². The lowest BCUT2D eigenvalue weighted by atomic mass is 10.1. The van der Waals surface area contributed by atoms with E-state index in [1.54, 1.807) is 6.07 Å². The molecule has 20 heavy (non-hydrogen) atoms. The van der Waals surface area contributed by atoms with Crippen molar-refractivity contribution in [3.63, 3.8) is 0 Å². The van der Waals surface area contributed by atoms with E-state index in [1.165, 1.54) is 6.92 Å². The van der Waals surface area contributed by atoms with Crippen LogP contribution >= 0.6 is 0 Å². The van der Waals surface area contributed by atoms with Crippen LogP contribution in [0.5, 0.6) is 11.5 Å². The maximum atomic E-state index is 11.7. The zero-order valence-electron chi connectivity index (χ0n) is 12.0. The third-order valence-electron chi connectivity index (χ3n) is 2.98. The minimum atomic E-state index is -0.343. The first-order chi connectivity index (χ1) is 9.49. The van der Waals surface area contributed by atoms with Gasteiger partial charge >= 0.3 is 0 Å². The van der Waals surface area contributed by atoms with Gasteiger partial charge in [-0.2, -0.15) is 0 Å². The predicted molar refractivity (Wildman–Crippen MR) is 75.3 cm³/mol. The van der Waals surface area contributed by atoms with Gasteiger partial charge in [0.25, 0.3) is 0 Å². The standard InChI is InChI=1S/C15H19NO4/c1-4-19-14-7-11-6-10(3)20-13(11)8-12(14)16-15(18)5-9(2)17/h7-8,10H,4-6H2,1-3H3,(H,16,18). The summed E-state index contributed by atoms with van der Waals surface area (Å²) in [5.41, 5.74) is 1.62. The van der Waals surface area contributed by atoms with Gasteiger partial charge in [0.2, 0.25) is 5.91 Å². The molecule has 0 aromatic heterocycles. The molecule has 1 aromatic rings. The molecule has 1 atom stereocenters. The van der Waals surface area contributed by atoms with Crippen LogP contribution in [-0.2, 0) is 16.0 Å². The number of amides is 1. The number of nitrogens with one attached hydrogen (secondary N) is 1. The van der Waals surface area contributed by atoms with Gasteiger partial charge in [0, 0.05) is 18.1 Å². The molecule has 0 saturated carbocycles. The Morgan fingerprint density at radius 1 is 1.45 bits per heavy atom. The smallest absolute Gasteiger partial charge is 0.231 e. The summed E-state index contributed by atoms with van der Waals surface area (Å²) in [5, 5.41) is 2.71. The molecule has 1 heterocycles. The van der Waals surface area contributed by atoms with Crippen LogP contribution in [0.2, 0.25) is 0 Å². The lowest BCUT2D eigenvalue weighted by molar-refractivity contribution is -0.124. The van der Waals surface area contributed by atoms with E-state index in [-0.39, 0.29) is 24.2 Å². The van der Waals surface area contributed by atoms with Crippen LogP contribution in [0.25, 0.3) is 0 Å². The summed E-state index contributed by atoms with van der Waals surface area (Å²) in [6.45, 7) is 5.77. The maximum Gasteiger partial charge on any atom is 0.231 e. The largest absolute Gasteiger partial charge is 0.492 e. The second kappa shape index (κ2) is 5.94. The normalized spacial score (nSPS) is 16.2. The molecular weight excluding hydrogens is 258 g/mol. The number of benzene rings is 1. The van der Waals surface area contributed by atoms with Crippen molar-refractivity contribution >= 4 is 17.4 Å². The Bertz CT molecular complexity index is 539. The van der Waals surface area contributed by atoms with Crippen molar-refractivity contribution in [3.05, 3.63) is 17.7 Å². The molecule has 1 aliphatic rings. The van der Waals surface area contributed by atoms with E-state index in [9.17, 15) is 9.59 Å². The first-order valence-corrected chi connectivity index (χ1v) is 6.75. The van der Waals surface area contributed by atoms with Gasteiger partial charge < -0.3 is 14.8 Å². The van der Waals surface area contributed by atoms with Gasteiger partial charge in [0.1, 0.15) is 23.4 Å². The Morgan fingerprint density at radius 3 is 2.85 bits per heavy atom. The molecule has 108 valence electrons. The molecule has 2 rings (SSSR count). The number of hydrogen-bond acceptors (Lipinski definition) is 4. The molecule has 0 saturated heterocycles. The minimum Gasteiger partial charge on any atom is -0.492 e. The number of carbonyl (C=O) groups is 2. The van der Waals surface area contributed by atoms with E-state index in [1.807, 2.05) is 19.9 Å². The number of fused-ring (bicyclic) bond motifs is 1. The fraction of sp³-hybridized carbons (Fsp3) is 0.467. The number of carbonyl (C=O) groups excluding carboxylic acids is 2. The maximum absolute atomic E-state index is 11.7. The van der Waals surface area contributed by atoms with Crippen LogP contribution < -0.4 is 14.8 Å². The van der Waals surface area contributed by atoms with Crippen molar-refractivity contribution in [3.8, 4) is 11.5 Å². The monoisotopic (exact) mass is 277 g/mol. The van der Waals surface area contributed by atoms with Crippen LogP contribution in [-0.4, -0.2) is 24.4 Å². The van der Waals surface area contributed by atoms with Gasteiger partial charge in [-0.05, 0) is 26.8 Å². The highest BCUT2D eigenvalue weighted by Crippen LogP contribution is 2.38. The van der Waals surface area contributed by atoms with Crippen LogP contribution in [0.1, 0.15) is 32.8 Å². The lowest BCUT2D eigenvalue weighted by Gasteiger charge is -2.13. The molecule has 5 nitrogen and oxygen atoms in total. The van der Waals surface area contributed by atoms with E-state index in [4.69, 9.17) is 9.47 Å². The average molecular weight is 277 g/mol. The Hall–Kier alpha value is -2.04. The van der Waals surface area contributed by atoms with Gasteiger partial charge in [0.15, 0.2) is 0 Å². The SMILES string of the molecule is CCOc1cc2c(cc1NC(=O)CC(C)=O)OC(C)C2. The molecule has 1 aliphatic heterocycles. The fourth-order valence-corrected chi connectivity index (χ4v) is 2.23. The Morgan fingerprint density at radius 2 is 2.20 bits per heavy atom. The van der Waals surface area contributed by atoms with Gasteiger partial charge in [-0.15, -0.1) is 0 Å². The van der Waals surface area contributed by atoms with E-state index in [0.29, 0.717) is 18.0 Å². The van der Waals surface area contributed by atoms with Gasteiger partial charge in [-0.3, -0.25) is 9.59 Å². The van der Waals surface area contributed by atoms with Crippen LogP contribution in [0.15, 0.2) is 12.1 Å². The van der Waals surface area contributed by atoms with Crippen LogP contribution in [0.3, 0.4) is 0 Å². The van der Waals surface area contributed by atoms with E-state index < -0.39 is 0 Å². The molecule has 0 radical (unpaired) electrons. The van der Waals surface area contributed by atoms with Crippen molar-refractivity contribution in [1.82, 2.24) is 0 Å². The quantitative estimate of drug-likeness (QED) is 0.839. The summed E-state index contributed by atoms with van der Waals surface area (Å²) in [7, 11) is 0. The molecule has 1 unspecified atom stereocenters. The zero-order valence-corrected chi connectivity index (χ0v) is 12.0. The van der Waals surface area contributed by atoms with E-state index in [0.717, 1.165) is 17.7 Å². The van der Waals surface area contributed by atoms with Gasteiger partial charge in [-0.1, -0.05) is 0 Å². The first-order valence-electron chi connectivity index (χ1n) is 6.75. The highest BCUT2D eigenvalue weighted by molar-refractivity contribution is 6.04. The number of ketones is 1. The number of anilines is 1. The number of rotatable bonds is 5. The molecule has 0 bridgehead atoms. The Labute approximate surface area is 118 Å². The molecule has 1 aromatic carbocycles. The fourth-order valence-electron chi connectivity index (χ4n) is 2.23. The summed E-state index contributed by atoms with van der Waals surface area (Å²) in [5.74, 6) is 0.857. The predicted octanol–water partition coefficient (Wildman–Crippen LogP) is 2.33. The van der Waals surface area contributed by atoms with Gasteiger partial charge in [-0.25, -0.2) is 0 Å². The second-order valence-electron chi connectivity index (χ2n) is 4.95.